The Bertz CT molecular complexity index is 3420. The molecular formula is C60H74F2N9O12PS2. The zero-order valence-electron chi connectivity index (χ0n) is 49.2. The number of thiazole rings is 1. The van der Waals surface area contributed by atoms with E-state index in [0.717, 1.165) is 57.2 Å². The van der Waals surface area contributed by atoms with Gasteiger partial charge < -0.3 is 55.8 Å². The summed E-state index contributed by atoms with van der Waals surface area (Å²) in [5, 5.41) is 21.8. The highest BCUT2D eigenvalue weighted by Gasteiger charge is 2.51. The van der Waals surface area contributed by atoms with Crippen LogP contribution in [0.25, 0.3) is 20.5 Å². The number of hydrogen-bond acceptors (Lipinski definition) is 13. The van der Waals surface area contributed by atoms with Crippen molar-refractivity contribution < 1.29 is 66.6 Å². The number of aliphatic hydroxyl groups excluding tert-OH is 1. The fraction of sp³-hybridized carbons (Fsp3) is 0.483. The van der Waals surface area contributed by atoms with E-state index in [0.29, 0.717) is 24.2 Å². The van der Waals surface area contributed by atoms with E-state index in [1.807, 2.05) is 68.4 Å². The molecule has 0 bridgehead atoms. The van der Waals surface area contributed by atoms with Crippen LogP contribution in [0.5, 0.6) is 0 Å². The number of piperazine rings is 1. The number of β-amino-alcohol motifs (C(OH)–C–C–N with tert-alkyl or cyclic N) is 1. The minimum absolute atomic E-state index is 0.00464. The van der Waals surface area contributed by atoms with Gasteiger partial charge in [0.05, 0.1) is 46.2 Å². The molecule has 5 heterocycles. The number of nitrogens with zero attached hydrogens (tertiary/aromatic N) is 5. The van der Waals surface area contributed by atoms with Gasteiger partial charge in [0.1, 0.15) is 30.6 Å². The van der Waals surface area contributed by atoms with Gasteiger partial charge in [0.25, 0.3) is 5.91 Å². The molecule has 3 saturated heterocycles. The Morgan fingerprint density at radius 3 is 2.07 bits per heavy atom. The number of alkyl halides is 2. The molecule has 462 valence electrons. The third kappa shape index (κ3) is 14.9. The number of carbonyl (C=O) groups is 8. The Morgan fingerprint density at radius 2 is 1.43 bits per heavy atom. The Hall–Kier alpha value is -7.02. The quantitative estimate of drug-likeness (QED) is 0.0414. The molecule has 3 aliphatic heterocycles. The first-order valence-electron chi connectivity index (χ1n) is 28.4. The van der Waals surface area contributed by atoms with E-state index in [2.05, 4.69) is 26.3 Å². The Morgan fingerprint density at radius 1 is 0.767 bits per heavy atom. The van der Waals surface area contributed by atoms with Crippen LogP contribution in [0.1, 0.15) is 118 Å². The SMILES string of the molecule is Cc1ncsc1-c1ccc(C(C)NC(=O)[C@@H]2C[C@@H](O)CN2C(=O)C(NC(=O)CNC(=O)CC(=O)N2CCN(C(=O)C(NC(=O)c3cc4cc(C(F)(F)P(=O)(O)O)ccc4s3)C(C)(C)C)[C@H](C(=O)N3CCC[C@H](c4ccccc4)C3)C2)C(C)(C)C)cc1. The molecule has 8 rings (SSSR count). The molecule has 0 aliphatic carbocycles. The summed E-state index contributed by atoms with van der Waals surface area (Å²) in [6.45, 7) is 13.2. The number of carbonyl (C=O) groups excluding carboxylic acids is 8. The van der Waals surface area contributed by atoms with Crippen LogP contribution in [0.15, 0.2) is 84.4 Å². The van der Waals surface area contributed by atoms with Crippen molar-refractivity contribution >= 4 is 87.6 Å². The molecule has 26 heteroatoms. The van der Waals surface area contributed by atoms with E-state index in [1.165, 1.54) is 38.2 Å². The second kappa shape index (κ2) is 26.1. The van der Waals surface area contributed by atoms with Gasteiger partial charge in [-0.15, -0.1) is 22.7 Å². The van der Waals surface area contributed by atoms with Crippen LogP contribution in [-0.2, 0) is 43.8 Å². The van der Waals surface area contributed by atoms with Crippen LogP contribution in [0, 0.1) is 17.8 Å². The molecule has 0 radical (unpaired) electrons. The van der Waals surface area contributed by atoms with Gasteiger partial charge in [0, 0.05) is 55.3 Å². The van der Waals surface area contributed by atoms with Gasteiger partial charge >= 0.3 is 13.3 Å². The molecular weight excluding hydrogens is 1170 g/mol. The summed E-state index contributed by atoms with van der Waals surface area (Å²) in [6, 6.07) is 16.3. The summed E-state index contributed by atoms with van der Waals surface area (Å²) in [6.07, 6.45) is -0.369. The molecule has 8 amide bonds. The van der Waals surface area contributed by atoms with Crippen LogP contribution in [0.3, 0.4) is 0 Å². The van der Waals surface area contributed by atoms with E-state index < -0.39 is 126 Å². The number of fused-ring (bicyclic) bond motifs is 1. The summed E-state index contributed by atoms with van der Waals surface area (Å²) in [7, 11) is -5.89. The molecule has 7 atom stereocenters. The molecule has 3 fully saturated rings. The summed E-state index contributed by atoms with van der Waals surface area (Å²) in [4.78, 5) is 143. The van der Waals surface area contributed by atoms with Gasteiger partial charge in [-0.3, -0.25) is 42.9 Å². The predicted octanol–water partition coefficient (Wildman–Crippen LogP) is 6.03. The summed E-state index contributed by atoms with van der Waals surface area (Å²) in [5.74, 6) is -5.33. The predicted molar refractivity (Wildman–Crippen MR) is 320 cm³/mol. The molecule has 0 spiro atoms. The van der Waals surface area contributed by atoms with Crippen molar-refractivity contribution in [1.29, 1.82) is 0 Å². The second-order valence-electron chi connectivity index (χ2n) is 24.5. The van der Waals surface area contributed by atoms with Crippen molar-refractivity contribution in [3.05, 3.63) is 112 Å². The standard InChI is InChI=1S/C60H74F2N9O12PS2/c1-34(36-16-18-38(19-17-36)50-35(2)64-33-85-50)65-53(76)43-27-42(72)31-71(43)57(80)51(58(3,4)5)66-48(74)29-63-47(73)28-49(75)68-23-24-70(44(32-68)55(78)69-22-12-15-39(30-69)37-13-10-9-11-14-37)56(79)52(59(6,7)8)67-54(77)46-26-40-25-41(20-21-45(40)86-46)60(61,62)84(81,82)83/h9-11,13-14,16-21,25-26,33-34,39,42-44,51-52,72H,12,15,22-24,27-32H2,1-8H3,(H,63,73)(H,65,76)(H,66,74)(H,67,77)(H2,81,82,83)/t34?,39-,42+,43-,44-,51?,52?/m0/s1. The van der Waals surface area contributed by atoms with Crippen molar-refractivity contribution in [1.82, 2.24) is 45.9 Å². The number of thiophene rings is 1. The van der Waals surface area contributed by atoms with Gasteiger partial charge in [0.2, 0.25) is 41.4 Å². The molecule has 3 aromatic carbocycles. The van der Waals surface area contributed by atoms with Crippen LogP contribution in [0.4, 0.5) is 8.78 Å². The largest absolute Gasteiger partial charge is 0.399 e. The monoisotopic (exact) mass is 1250 g/mol. The van der Waals surface area contributed by atoms with Crippen molar-refractivity contribution in [2.24, 2.45) is 10.8 Å². The summed E-state index contributed by atoms with van der Waals surface area (Å²) < 4.78 is 41.3. The number of likely N-dealkylation sites (tertiary alicyclic amines) is 2. The first kappa shape index (κ1) is 65.0. The number of hydrogen-bond donors (Lipinski definition) is 7. The fourth-order valence-corrected chi connectivity index (χ4v) is 13.3. The number of benzene rings is 3. The average molecular weight is 1250 g/mol. The van der Waals surface area contributed by atoms with Crippen LogP contribution in [-0.4, -0.2) is 163 Å². The maximum Gasteiger partial charge on any atom is 0.399 e. The smallest absolute Gasteiger partial charge is 0.391 e. The van der Waals surface area contributed by atoms with Crippen molar-refractivity contribution in [3.63, 3.8) is 0 Å². The number of aliphatic hydroxyl groups is 1. The highest BCUT2D eigenvalue weighted by Crippen LogP contribution is 2.59. The molecule has 3 unspecified atom stereocenters. The molecule has 0 saturated carbocycles. The van der Waals surface area contributed by atoms with E-state index in [9.17, 15) is 66.6 Å². The summed E-state index contributed by atoms with van der Waals surface area (Å²) in [5.41, 5.74) is -1.85. The lowest BCUT2D eigenvalue weighted by Gasteiger charge is -2.45. The normalized spacial score (nSPS) is 19.8. The third-order valence-corrected chi connectivity index (χ3v) is 19.0. The molecule has 21 nitrogen and oxygen atoms in total. The maximum atomic E-state index is 15.0. The zero-order chi connectivity index (χ0) is 62.8. The Balaban J connectivity index is 0.919. The van der Waals surface area contributed by atoms with E-state index in [1.54, 1.807) is 52.0 Å². The van der Waals surface area contributed by atoms with Crippen LogP contribution < -0.4 is 21.3 Å². The maximum absolute atomic E-state index is 15.0. The van der Waals surface area contributed by atoms with E-state index in [4.69, 9.17) is 0 Å². The topological polar surface area (TPSA) is 288 Å². The highest BCUT2D eigenvalue weighted by atomic mass is 32.1. The third-order valence-electron chi connectivity index (χ3n) is 16.0. The highest BCUT2D eigenvalue weighted by molar-refractivity contribution is 7.52. The lowest BCUT2D eigenvalue weighted by molar-refractivity contribution is -0.155. The van der Waals surface area contributed by atoms with Gasteiger partial charge in [-0.05, 0) is 77.8 Å². The minimum atomic E-state index is -5.89. The zero-order valence-corrected chi connectivity index (χ0v) is 51.7. The fourth-order valence-electron chi connectivity index (χ4n) is 11.1. The number of rotatable bonds is 17. The van der Waals surface area contributed by atoms with E-state index >= 15 is 0 Å². The Labute approximate surface area is 505 Å². The van der Waals surface area contributed by atoms with Gasteiger partial charge in [-0.1, -0.05) is 102 Å². The Kier molecular flexibility index (Phi) is 19.7. The first-order valence-corrected chi connectivity index (χ1v) is 31.7. The number of aromatic nitrogens is 1. The number of nitrogens with one attached hydrogen (secondary N) is 4. The molecule has 2 aromatic heterocycles. The first-order chi connectivity index (χ1) is 40.3. The van der Waals surface area contributed by atoms with Gasteiger partial charge in [0.15, 0.2) is 0 Å². The summed E-state index contributed by atoms with van der Waals surface area (Å²) >= 11 is 2.43. The second-order valence-corrected chi connectivity index (χ2v) is 28.1. The number of aryl methyl sites for hydroxylation is 1. The van der Waals surface area contributed by atoms with Gasteiger partial charge in [-0.2, -0.15) is 8.78 Å². The molecule has 7 N–H and O–H groups in total. The lowest BCUT2D eigenvalue weighted by atomic mass is 9.85. The molecule has 5 aromatic rings. The average Bonchev–Trinajstić information content (AvgIpc) is 1.61. The molecule has 3 aliphatic rings. The van der Waals surface area contributed by atoms with Crippen molar-refractivity contribution in [2.45, 2.75) is 129 Å². The van der Waals surface area contributed by atoms with E-state index in [-0.39, 0.29) is 48.8 Å². The minimum Gasteiger partial charge on any atom is -0.391 e. The van der Waals surface area contributed by atoms with Crippen molar-refractivity contribution in [2.75, 3.05) is 45.8 Å². The number of piperidine rings is 1. The number of halogens is 2. The van der Waals surface area contributed by atoms with Crippen LogP contribution >= 0.6 is 30.3 Å². The number of amides is 8. The molecule has 86 heavy (non-hydrogen) atoms. The van der Waals surface area contributed by atoms with Crippen LogP contribution in [0.2, 0.25) is 0 Å². The lowest BCUT2D eigenvalue weighted by Crippen LogP contribution is -2.66. The van der Waals surface area contributed by atoms with Crippen molar-refractivity contribution in [3.8, 4) is 10.4 Å². The van der Waals surface area contributed by atoms with Gasteiger partial charge in [-0.25, -0.2) is 4.98 Å².